The van der Waals surface area contributed by atoms with Crippen LogP contribution in [-0.4, -0.2) is 41.1 Å². The lowest BCUT2D eigenvalue weighted by Gasteiger charge is -2.23. The van der Waals surface area contributed by atoms with Gasteiger partial charge in [-0.25, -0.2) is 0 Å². The summed E-state index contributed by atoms with van der Waals surface area (Å²) in [7, 11) is 0. The first kappa shape index (κ1) is 18.5. The topological polar surface area (TPSA) is 45.3 Å². The van der Waals surface area contributed by atoms with Crippen molar-refractivity contribution >= 4 is 16.9 Å². The molecule has 1 aromatic carbocycles. The van der Waals surface area contributed by atoms with Gasteiger partial charge >= 0.3 is 5.97 Å². The summed E-state index contributed by atoms with van der Waals surface area (Å²) in [6.45, 7) is 9.70. The van der Waals surface area contributed by atoms with Gasteiger partial charge in [0.25, 0.3) is 0 Å². The number of carbonyl (C=O) groups is 1. The predicted molar refractivity (Wildman–Crippen MR) is 101 cm³/mol. The zero-order chi connectivity index (χ0) is 17.5. The van der Waals surface area contributed by atoms with Crippen LogP contribution in [-0.2, 0) is 16.0 Å². The van der Waals surface area contributed by atoms with Gasteiger partial charge < -0.3 is 9.72 Å². The SMILES string of the molecule is CC.CC(C)OC(=O)C1CCCN1CCc1c[nH]c2ccccc12.[HH]. The first-order chi connectivity index (χ1) is 11.6. The van der Waals surface area contributed by atoms with Crippen LogP contribution in [0.2, 0.25) is 0 Å². The van der Waals surface area contributed by atoms with Gasteiger partial charge in [-0.15, -0.1) is 0 Å². The zero-order valence-electron chi connectivity index (χ0n) is 15.3. The van der Waals surface area contributed by atoms with Crippen LogP contribution in [0.5, 0.6) is 0 Å². The number of esters is 1. The molecule has 134 valence electrons. The number of nitrogens with one attached hydrogen (secondary N) is 1. The summed E-state index contributed by atoms with van der Waals surface area (Å²) in [6.07, 6.45) is 4.99. The molecule has 1 aliphatic heterocycles. The van der Waals surface area contributed by atoms with Crippen molar-refractivity contribution in [3.05, 3.63) is 36.0 Å². The van der Waals surface area contributed by atoms with Crippen LogP contribution >= 0.6 is 0 Å². The van der Waals surface area contributed by atoms with Crippen LogP contribution in [0, 0.1) is 0 Å². The maximum Gasteiger partial charge on any atom is 0.323 e. The molecule has 0 radical (unpaired) electrons. The summed E-state index contributed by atoms with van der Waals surface area (Å²) in [5.74, 6) is -0.0635. The number of para-hydroxylation sites is 1. The van der Waals surface area contributed by atoms with E-state index in [1.807, 2.05) is 33.8 Å². The van der Waals surface area contributed by atoms with Crippen LogP contribution in [0.15, 0.2) is 30.5 Å². The Balaban J connectivity index is 0.00000101. The van der Waals surface area contributed by atoms with E-state index in [4.69, 9.17) is 4.74 Å². The minimum Gasteiger partial charge on any atom is -0.462 e. The van der Waals surface area contributed by atoms with E-state index in [1.54, 1.807) is 0 Å². The molecule has 1 N–H and O–H groups in total. The fraction of sp³-hybridized carbons (Fsp3) is 0.550. The number of H-pyrrole nitrogens is 1. The first-order valence-corrected chi connectivity index (χ1v) is 9.14. The number of likely N-dealkylation sites (tertiary alicyclic amines) is 1. The number of rotatable bonds is 5. The van der Waals surface area contributed by atoms with Gasteiger partial charge in [0.1, 0.15) is 6.04 Å². The number of hydrogen-bond donors (Lipinski definition) is 1. The van der Waals surface area contributed by atoms with Gasteiger partial charge in [-0.2, -0.15) is 0 Å². The highest BCUT2D eigenvalue weighted by molar-refractivity contribution is 5.83. The summed E-state index contributed by atoms with van der Waals surface area (Å²) >= 11 is 0. The predicted octanol–water partition coefficient (Wildman–Crippen LogP) is 4.40. The lowest BCUT2D eigenvalue weighted by molar-refractivity contribution is -0.152. The molecule has 1 aromatic heterocycles. The third-order valence-electron chi connectivity index (χ3n) is 4.33. The number of carbonyl (C=O) groups excluding carboxylic acids is 1. The number of aromatic amines is 1. The van der Waals surface area contributed by atoms with Crippen LogP contribution in [0.25, 0.3) is 10.9 Å². The highest BCUT2D eigenvalue weighted by Crippen LogP contribution is 2.22. The fourth-order valence-electron chi connectivity index (χ4n) is 3.27. The number of hydrogen-bond acceptors (Lipinski definition) is 3. The van der Waals surface area contributed by atoms with Crippen LogP contribution in [0.4, 0.5) is 0 Å². The molecular weight excluding hydrogens is 300 g/mol. The van der Waals surface area contributed by atoms with Gasteiger partial charge in [0, 0.05) is 25.1 Å². The van der Waals surface area contributed by atoms with E-state index in [1.165, 1.54) is 16.5 Å². The summed E-state index contributed by atoms with van der Waals surface area (Å²) in [4.78, 5) is 17.8. The van der Waals surface area contributed by atoms with Crippen molar-refractivity contribution in [1.29, 1.82) is 0 Å². The molecule has 2 heterocycles. The molecule has 0 spiro atoms. The Morgan fingerprint density at radius 2 is 2.12 bits per heavy atom. The average Bonchev–Trinajstić information content (AvgIpc) is 3.21. The molecule has 1 fully saturated rings. The number of aromatic nitrogens is 1. The molecule has 1 unspecified atom stereocenters. The molecular formula is C20H32N2O2. The van der Waals surface area contributed by atoms with Gasteiger partial charge in [0.2, 0.25) is 0 Å². The lowest BCUT2D eigenvalue weighted by Crippen LogP contribution is -2.39. The van der Waals surface area contributed by atoms with Crippen LogP contribution in [0.3, 0.4) is 0 Å². The van der Waals surface area contributed by atoms with Gasteiger partial charge in [0.05, 0.1) is 6.10 Å². The van der Waals surface area contributed by atoms with E-state index in [9.17, 15) is 4.79 Å². The highest BCUT2D eigenvalue weighted by atomic mass is 16.5. The first-order valence-electron chi connectivity index (χ1n) is 9.14. The molecule has 1 aliphatic rings. The summed E-state index contributed by atoms with van der Waals surface area (Å²) in [5.41, 5.74) is 2.49. The van der Waals surface area contributed by atoms with Gasteiger partial charge in [0.15, 0.2) is 0 Å². The van der Waals surface area contributed by atoms with E-state index >= 15 is 0 Å². The molecule has 0 amide bonds. The van der Waals surface area contributed by atoms with E-state index in [0.717, 1.165) is 32.4 Å². The molecule has 2 aromatic rings. The Hall–Kier alpha value is -1.81. The van der Waals surface area contributed by atoms with Crippen molar-refractivity contribution in [2.45, 2.75) is 59.1 Å². The molecule has 1 saturated heterocycles. The molecule has 0 bridgehead atoms. The molecule has 24 heavy (non-hydrogen) atoms. The van der Waals surface area contributed by atoms with Crippen LogP contribution < -0.4 is 0 Å². The highest BCUT2D eigenvalue weighted by Gasteiger charge is 2.32. The Morgan fingerprint density at radius 1 is 1.38 bits per heavy atom. The minimum absolute atomic E-state index is 0. The molecule has 1 atom stereocenters. The van der Waals surface area contributed by atoms with E-state index < -0.39 is 0 Å². The maximum absolute atomic E-state index is 12.2. The van der Waals surface area contributed by atoms with E-state index in [2.05, 4.69) is 34.3 Å². The number of benzene rings is 1. The molecule has 4 nitrogen and oxygen atoms in total. The normalized spacial score (nSPS) is 17.8. The Bertz CT molecular complexity index is 654. The van der Waals surface area contributed by atoms with Gasteiger partial charge in [-0.1, -0.05) is 32.0 Å². The molecule has 0 aliphatic carbocycles. The third kappa shape index (κ3) is 4.38. The van der Waals surface area contributed by atoms with Crippen molar-refractivity contribution in [2.75, 3.05) is 13.1 Å². The number of ether oxygens (including phenoxy) is 1. The Kier molecular flexibility index (Phi) is 6.85. The standard InChI is InChI=1S/C18H24N2O2.C2H6.H2/c1-13(2)22-18(21)17-8-5-10-20(17)11-9-14-12-19-16-7-4-3-6-15(14)16;1-2;/h3-4,6-7,12-13,17,19H,5,8-11H2,1-2H3;1-2H3;1H. The quantitative estimate of drug-likeness (QED) is 0.826. The van der Waals surface area contributed by atoms with Crippen molar-refractivity contribution < 1.29 is 11.0 Å². The van der Waals surface area contributed by atoms with E-state index in [-0.39, 0.29) is 19.5 Å². The second-order valence-electron chi connectivity index (χ2n) is 6.29. The zero-order valence-corrected chi connectivity index (χ0v) is 15.3. The van der Waals surface area contributed by atoms with Crippen LogP contribution in [0.1, 0.15) is 47.5 Å². The monoisotopic (exact) mass is 332 g/mol. The lowest BCUT2D eigenvalue weighted by atomic mass is 10.1. The summed E-state index contributed by atoms with van der Waals surface area (Å²) < 4.78 is 5.38. The largest absolute Gasteiger partial charge is 0.462 e. The fourth-order valence-corrected chi connectivity index (χ4v) is 3.27. The van der Waals surface area contributed by atoms with Gasteiger partial charge in [-0.05, 0) is 51.3 Å². The number of fused-ring (bicyclic) bond motifs is 1. The van der Waals surface area contributed by atoms with Crippen molar-refractivity contribution in [3.63, 3.8) is 0 Å². The van der Waals surface area contributed by atoms with Crippen molar-refractivity contribution in [1.82, 2.24) is 9.88 Å². The second-order valence-corrected chi connectivity index (χ2v) is 6.29. The summed E-state index contributed by atoms with van der Waals surface area (Å²) in [5, 5.41) is 1.28. The number of nitrogens with zero attached hydrogens (tertiary/aromatic N) is 1. The summed E-state index contributed by atoms with van der Waals surface area (Å²) in [6, 6.07) is 8.29. The third-order valence-corrected chi connectivity index (χ3v) is 4.33. The molecule has 3 rings (SSSR count). The van der Waals surface area contributed by atoms with Gasteiger partial charge in [-0.3, -0.25) is 9.69 Å². The van der Waals surface area contributed by atoms with E-state index in [0.29, 0.717) is 0 Å². The molecule has 0 saturated carbocycles. The second kappa shape index (κ2) is 8.88. The van der Waals surface area contributed by atoms with Crippen molar-refractivity contribution in [3.8, 4) is 0 Å². The Morgan fingerprint density at radius 3 is 2.88 bits per heavy atom. The minimum atomic E-state index is -0.0635. The van der Waals surface area contributed by atoms with Crippen molar-refractivity contribution in [2.24, 2.45) is 0 Å². The molecule has 4 heteroatoms. The smallest absolute Gasteiger partial charge is 0.323 e. The maximum atomic E-state index is 12.2. The Labute approximate surface area is 146 Å². The average molecular weight is 332 g/mol.